The molecule has 0 aliphatic heterocycles. The van der Waals surface area contributed by atoms with Crippen molar-refractivity contribution in [1.82, 2.24) is 0 Å². The van der Waals surface area contributed by atoms with Crippen molar-refractivity contribution in [1.29, 1.82) is 0 Å². The van der Waals surface area contributed by atoms with E-state index in [1.165, 1.54) is 0 Å². The summed E-state index contributed by atoms with van der Waals surface area (Å²) in [4.78, 5) is 0. The molecule has 0 aromatic heterocycles. The summed E-state index contributed by atoms with van der Waals surface area (Å²) in [6.07, 6.45) is 2.34. The molecular weight excluding hydrogens is 150 g/mol. The summed E-state index contributed by atoms with van der Waals surface area (Å²) >= 11 is 0. The van der Waals surface area contributed by atoms with Crippen LogP contribution in [0.3, 0.4) is 0 Å². The van der Waals surface area contributed by atoms with Gasteiger partial charge in [0.1, 0.15) is 11.9 Å². The minimum atomic E-state index is 0.349. The van der Waals surface area contributed by atoms with Crippen molar-refractivity contribution >= 4 is 0 Å². The minimum absolute atomic E-state index is 0.349. The molecule has 12 heavy (non-hydrogen) atoms. The SMILES string of the molecule is NC1CC(Oc2ccccc2)C1. The van der Waals surface area contributed by atoms with Crippen molar-refractivity contribution in [3.05, 3.63) is 30.3 Å². The molecule has 0 unspecified atom stereocenters. The lowest BCUT2D eigenvalue weighted by atomic mass is 9.90. The Morgan fingerprint density at radius 2 is 1.83 bits per heavy atom. The van der Waals surface area contributed by atoms with E-state index in [0.29, 0.717) is 12.1 Å². The van der Waals surface area contributed by atoms with E-state index in [0.717, 1.165) is 18.6 Å². The van der Waals surface area contributed by atoms with Crippen molar-refractivity contribution in [2.75, 3.05) is 0 Å². The van der Waals surface area contributed by atoms with Crippen LogP contribution in [0.1, 0.15) is 12.8 Å². The molecule has 2 heteroatoms. The average molecular weight is 163 g/mol. The molecular formula is C10H13NO. The van der Waals surface area contributed by atoms with Crippen molar-refractivity contribution in [2.45, 2.75) is 25.0 Å². The maximum absolute atomic E-state index is 5.64. The second kappa shape index (κ2) is 3.15. The molecule has 0 atom stereocenters. The Balaban J connectivity index is 1.88. The first-order chi connectivity index (χ1) is 5.84. The highest BCUT2D eigenvalue weighted by atomic mass is 16.5. The van der Waals surface area contributed by atoms with Crippen LogP contribution in [0.15, 0.2) is 30.3 Å². The number of benzene rings is 1. The third-order valence-electron chi connectivity index (χ3n) is 2.18. The topological polar surface area (TPSA) is 35.2 Å². The zero-order valence-electron chi connectivity index (χ0n) is 6.94. The number of para-hydroxylation sites is 1. The Morgan fingerprint density at radius 1 is 1.17 bits per heavy atom. The second-order valence-electron chi connectivity index (χ2n) is 3.28. The van der Waals surface area contributed by atoms with E-state index in [1.807, 2.05) is 30.3 Å². The lowest BCUT2D eigenvalue weighted by Gasteiger charge is -2.32. The van der Waals surface area contributed by atoms with Crippen LogP contribution in [-0.2, 0) is 0 Å². The second-order valence-corrected chi connectivity index (χ2v) is 3.28. The van der Waals surface area contributed by atoms with Gasteiger partial charge in [-0.05, 0) is 25.0 Å². The molecule has 64 valence electrons. The van der Waals surface area contributed by atoms with Gasteiger partial charge >= 0.3 is 0 Å². The summed E-state index contributed by atoms with van der Waals surface area (Å²) < 4.78 is 5.64. The van der Waals surface area contributed by atoms with Crippen LogP contribution < -0.4 is 10.5 Å². The van der Waals surface area contributed by atoms with Crippen molar-refractivity contribution in [3.8, 4) is 5.75 Å². The highest BCUT2D eigenvalue weighted by molar-refractivity contribution is 5.21. The molecule has 2 N–H and O–H groups in total. The summed E-state index contributed by atoms with van der Waals surface area (Å²) in [6.45, 7) is 0. The fourth-order valence-corrected chi connectivity index (χ4v) is 1.39. The minimum Gasteiger partial charge on any atom is -0.490 e. The molecule has 0 radical (unpaired) electrons. The number of nitrogens with two attached hydrogens (primary N) is 1. The number of hydrogen-bond acceptors (Lipinski definition) is 2. The zero-order chi connectivity index (χ0) is 8.39. The summed E-state index contributed by atoms with van der Waals surface area (Å²) in [6, 6.07) is 10.3. The van der Waals surface area contributed by atoms with Gasteiger partial charge in [0.05, 0.1) is 0 Å². The molecule has 0 saturated heterocycles. The van der Waals surface area contributed by atoms with Crippen LogP contribution in [0, 0.1) is 0 Å². The van der Waals surface area contributed by atoms with E-state index in [-0.39, 0.29) is 0 Å². The lowest BCUT2D eigenvalue weighted by Crippen LogP contribution is -2.43. The van der Waals surface area contributed by atoms with Gasteiger partial charge < -0.3 is 10.5 Å². The summed E-state index contributed by atoms with van der Waals surface area (Å²) in [5.74, 6) is 0.953. The van der Waals surface area contributed by atoms with Gasteiger partial charge in [0.15, 0.2) is 0 Å². The molecule has 1 saturated carbocycles. The average Bonchev–Trinajstić information content (AvgIpc) is 2.04. The van der Waals surface area contributed by atoms with Crippen molar-refractivity contribution in [3.63, 3.8) is 0 Å². The van der Waals surface area contributed by atoms with E-state index >= 15 is 0 Å². The Kier molecular flexibility index (Phi) is 2.00. The number of rotatable bonds is 2. The molecule has 1 aromatic rings. The van der Waals surface area contributed by atoms with E-state index in [1.54, 1.807) is 0 Å². The molecule has 1 aliphatic rings. The van der Waals surface area contributed by atoms with Crippen LogP contribution in [0.2, 0.25) is 0 Å². The summed E-state index contributed by atoms with van der Waals surface area (Å²) in [5, 5.41) is 0. The van der Waals surface area contributed by atoms with Gasteiger partial charge in [-0.15, -0.1) is 0 Å². The van der Waals surface area contributed by atoms with E-state index < -0.39 is 0 Å². The molecule has 2 rings (SSSR count). The van der Waals surface area contributed by atoms with Gasteiger partial charge in [-0.3, -0.25) is 0 Å². The maximum Gasteiger partial charge on any atom is 0.119 e. The predicted molar refractivity (Wildman–Crippen MR) is 48.1 cm³/mol. The fourth-order valence-electron chi connectivity index (χ4n) is 1.39. The van der Waals surface area contributed by atoms with Crippen LogP contribution >= 0.6 is 0 Å². The Hall–Kier alpha value is -1.02. The Bertz CT molecular complexity index is 241. The van der Waals surface area contributed by atoms with Crippen molar-refractivity contribution in [2.24, 2.45) is 5.73 Å². The predicted octanol–water partition coefficient (Wildman–Crippen LogP) is 1.56. The van der Waals surface area contributed by atoms with Crippen LogP contribution in [0.4, 0.5) is 0 Å². The van der Waals surface area contributed by atoms with Crippen LogP contribution in [0.5, 0.6) is 5.75 Å². The Labute approximate surface area is 72.3 Å². The quantitative estimate of drug-likeness (QED) is 0.718. The lowest BCUT2D eigenvalue weighted by molar-refractivity contribution is 0.101. The molecule has 0 amide bonds. The van der Waals surface area contributed by atoms with E-state index in [2.05, 4.69) is 0 Å². The summed E-state index contributed by atoms with van der Waals surface area (Å²) in [5.41, 5.74) is 5.64. The van der Waals surface area contributed by atoms with Crippen molar-refractivity contribution < 1.29 is 4.74 Å². The van der Waals surface area contributed by atoms with Crippen LogP contribution in [0.25, 0.3) is 0 Å². The van der Waals surface area contributed by atoms with Gasteiger partial charge in [-0.25, -0.2) is 0 Å². The Morgan fingerprint density at radius 3 is 2.42 bits per heavy atom. The molecule has 1 fully saturated rings. The standard InChI is InChI=1S/C10H13NO/c11-8-6-10(7-8)12-9-4-2-1-3-5-9/h1-5,8,10H,6-7,11H2. The monoisotopic (exact) mass is 163 g/mol. The van der Waals surface area contributed by atoms with E-state index in [4.69, 9.17) is 10.5 Å². The molecule has 1 aliphatic carbocycles. The molecule has 0 bridgehead atoms. The zero-order valence-corrected chi connectivity index (χ0v) is 6.94. The summed E-state index contributed by atoms with van der Waals surface area (Å²) in [7, 11) is 0. The first-order valence-corrected chi connectivity index (χ1v) is 4.32. The number of hydrogen-bond donors (Lipinski definition) is 1. The third kappa shape index (κ3) is 1.59. The van der Waals surface area contributed by atoms with Gasteiger partial charge in [0.25, 0.3) is 0 Å². The molecule has 1 aromatic carbocycles. The van der Waals surface area contributed by atoms with Gasteiger partial charge in [-0.1, -0.05) is 18.2 Å². The van der Waals surface area contributed by atoms with Gasteiger partial charge in [0, 0.05) is 6.04 Å². The van der Waals surface area contributed by atoms with Gasteiger partial charge in [-0.2, -0.15) is 0 Å². The van der Waals surface area contributed by atoms with Gasteiger partial charge in [0.2, 0.25) is 0 Å². The molecule has 2 nitrogen and oxygen atoms in total. The molecule has 0 spiro atoms. The number of ether oxygens (including phenoxy) is 1. The fraction of sp³-hybridized carbons (Fsp3) is 0.400. The maximum atomic E-state index is 5.64. The van der Waals surface area contributed by atoms with Crippen LogP contribution in [-0.4, -0.2) is 12.1 Å². The van der Waals surface area contributed by atoms with E-state index in [9.17, 15) is 0 Å². The molecule has 0 heterocycles. The highest BCUT2D eigenvalue weighted by Crippen LogP contribution is 2.23. The normalized spacial score (nSPS) is 27.8. The third-order valence-corrected chi connectivity index (χ3v) is 2.18. The first kappa shape index (κ1) is 7.62. The smallest absolute Gasteiger partial charge is 0.119 e. The largest absolute Gasteiger partial charge is 0.490 e. The first-order valence-electron chi connectivity index (χ1n) is 4.32. The highest BCUT2D eigenvalue weighted by Gasteiger charge is 2.27.